The number of benzene rings is 1. The van der Waals surface area contributed by atoms with Gasteiger partial charge in [-0.3, -0.25) is 9.59 Å². The Balaban J connectivity index is 3.07. The van der Waals surface area contributed by atoms with Gasteiger partial charge < -0.3 is 11.1 Å². The molecule has 2 atom stereocenters. The van der Waals surface area contributed by atoms with Crippen molar-refractivity contribution in [2.45, 2.75) is 32.5 Å². The molecule has 1 aromatic rings. The fourth-order valence-corrected chi connectivity index (χ4v) is 1.88. The average molecular weight is 302 g/mol. The summed E-state index contributed by atoms with van der Waals surface area (Å²) in [7, 11) is 0. The van der Waals surface area contributed by atoms with Gasteiger partial charge in [0.1, 0.15) is 6.04 Å². The van der Waals surface area contributed by atoms with E-state index in [1.807, 2.05) is 0 Å². The molecule has 0 saturated carbocycles. The second kappa shape index (κ2) is 6.60. The molecule has 0 spiro atoms. The van der Waals surface area contributed by atoms with Gasteiger partial charge in [0.05, 0.1) is 11.1 Å². The number of halogens is 3. The van der Waals surface area contributed by atoms with Crippen molar-refractivity contribution in [2.24, 2.45) is 11.7 Å². The number of carbonyl (C=O) groups excluding carboxylic acids is 2. The van der Waals surface area contributed by atoms with Gasteiger partial charge in [0.15, 0.2) is 0 Å². The van der Waals surface area contributed by atoms with Crippen LogP contribution in [0.1, 0.15) is 36.2 Å². The Kier molecular flexibility index (Phi) is 5.34. The first-order valence-corrected chi connectivity index (χ1v) is 6.44. The average Bonchev–Trinajstić information content (AvgIpc) is 2.42. The first kappa shape index (κ1) is 17.0. The van der Waals surface area contributed by atoms with Gasteiger partial charge in [-0.25, -0.2) is 0 Å². The molecule has 7 heteroatoms. The lowest BCUT2D eigenvalue weighted by atomic mass is 9.97. The van der Waals surface area contributed by atoms with E-state index in [1.165, 1.54) is 12.1 Å². The van der Waals surface area contributed by atoms with Gasteiger partial charge in [0.2, 0.25) is 5.91 Å². The molecule has 0 aliphatic heterocycles. The molecule has 21 heavy (non-hydrogen) atoms. The third-order valence-electron chi connectivity index (χ3n) is 3.28. The quantitative estimate of drug-likeness (QED) is 0.876. The molecule has 0 aliphatic carbocycles. The smallest absolute Gasteiger partial charge is 0.368 e. The van der Waals surface area contributed by atoms with E-state index in [0.29, 0.717) is 6.42 Å². The summed E-state index contributed by atoms with van der Waals surface area (Å²) in [5.74, 6) is -2.02. The number of hydrogen-bond acceptors (Lipinski definition) is 2. The van der Waals surface area contributed by atoms with Gasteiger partial charge in [-0.1, -0.05) is 32.4 Å². The molecule has 3 N–H and O–H groups in total. The topological polar surface area (TPSA) is 72.2 Å². The maximum Gasteiger partial charge on any atom is 0.417 e. The Hall–Kier alpha value is -2.05. The zero-order valence-corrected chi connectivity index (χ0v) is 11.7. The Labute approximate surface area is 120 Å². The largest absolute Gasteiger partial charge is 0.417 e. The van der Waals surface area contributed by atoms with Crippen molar-refractivity contribution in [3.8, 4) is 0 Å². The van der Waals surface area contributed by atoms with Gasteiger partial charge in [-0.2, -0.15) is 13.2 Å². The summed E-state index contributed by atoms with van der Waals surface area (Å²) < 4.78 is 38.6. The van der Waals surface area contributed by atoms with Crippen LogP contribution in [0.15, 0.2) is 24.3 Å². The van der Waals surface area contributed by atoms with E-state index in [-0.39, 0.29) is 5.92 Å². The van der Waals surface area contributed by atoms with Crippen molar-refractivity contribution in [1.29, 1.82) is 0 Å². The van der Waals surface area contributed by atoms with Crippen LogP contribution in [0.3, 0.4) is 0 Å². The number of nitrogens with two attached hydrogens (primary N) is 1. The van der Waals surface area contributed by atoms with Gasteiger partial charge >= 0.3 is 6.18 Å². The molecule has 2 amide bonds. The molecule has 0 aliphatic rings. The van der Waals surface area contributed by atoms with E-state index in [1.54, 1.807) is 13.8 Å². The van der Waals surface area contributed by atoms with E-state index >= 15 is 0 Å². The highest BCUT2D eigenvalue weighted by Gasteiger charge is 2.35. The second-order valence-electron chi connectivity index (χ2n) is 4.78. The van der Waals surface area contributed by atoms with Crippen LogP contribution in [-0.2, 0) is 11.0 Å². The predicted octanol–water partition coefficient (Wildman–Crippen LogP) is 2.34. The Morgan fingerprint density at radius 2 is 1.86 bits per heavy atom. The van der Waals surface area contributed by atoms with Crippen LogP contribution in [0.5, 0.6) is 0 Å². The number of primary amides is 1. The molecule has 1 aromatic carbocycles. The summed E-state index contributed by atoms with van der Waals surface area (Å²) >= 11 is 0. The Morgan fingerprint density at radius 1 is 1.29 bits per heavy atom. The van der Waals surface area contributed by atoms with Crippen molar-refractivity contribution in [3.63, 3.8) is 0 Å². The summed E-state index contributed by atoms with van der Waals surface area (Å²) in [6, 6.07) is 3.39. The Bertz CT molecular complexity index is 529. The fourth-order valence-electron chi connectivity index (χ4n) is 1.88. The SMILES string of the molecule is CC[C@H](C)[C@@H](NC(=O)c1ccccc1C(F)(F)F)C(N)=O. The third-order valence-corrected chi connectivity index (χ3v) is 3.28. The normalized spacial score (nSPS) is 14.3. The van der Waals surface area contributed by atoms with Crippen molar-refractivity contribution in [3.05, 3.63) is 35.4 Å². The van der Waals surface area contributed by atoms with E-state index in [9.17, 15) is 22.8 Å². The molecule has 0 heterocycles. The lowest BCUT2D eigenvalue weighted by Crippen LogP contribution is -2.48. The number of nitrogens with one attached hydrogen (secondary N) is 1. The third kappa shape index (κ3) is 4.21. The molecule has 0 saturated heterocycles. The first-order valence-electron chi connectivity index (χ1n) is 6.44. The Morgan fingerprint density at radius 3 is 2.33 bits per heavy atom. The standard InChI is InChI=1S/C14H17F3N2O2/c1-3-8(2)11(12(18)20)19-13(21)9-6-4-5-7-10(9)14(15,16)17/h4-8,11H,3H2,1-2H3,(H2,18,20)(H,19,21)/t8-,11+/m0/s1. The molecule has 0 unspecified atom stereocenters. The van der Waals surface area contributed by atoms with Crippen LogP contribution >= 0.6 is 0 Å². The highest BCUT2D eigenvalue weighted by molar-refractivity contribution is 5.98. The zero-order valence-electron chi connectivity index (χ0n) is 11.7. The van der Waals surface area contributed by atoms with Crippen LogP contribution in [-0.4, -0.2) is 17.9 Å². The van der Waals surface area contributed by atoms with Gasteiger partial charge in [0.25, 0.3) is 5.91 Å². The summed E-state index contributed by atoms with van der Waals surface area (Å²) in [6.07, 6.45) is -4.10. The molecule has 4 nitrogen and oxygen atoms in total. The highest BCUT2D eigenvalue weighted by atomic mass is 19.4. The number of hydrogen-bond donors (Lipinski definition) is 2. The van der Waals surface area contributed by atoms with E-state index in [0.717, 1.165) is 12.1 Å². The summed E-state index contributed by atoms with van der Waals surface area (Å²) in [5, 5.41) is 2.28. The maximum absolute atomic E-state index is 12.9. The zero-order chi connectivity index (χ0) is 16.2. The van der Waals surface area contributed by atoms with Gasteiger partial charge in [-0.05, 0) is 18.1 Å². The van der Waals surface area contributed by atoms with Crippen LogP contribution in [0.2, 0.25) is 0 Å². The highest BCUT2D eigenvalue weighted by Crippen LogP contribution is 2.31. The van der Waals surface area contributed by atoms with Crippen molar-refractivity contribution >= 4 is 11.8 Å². The minimum Gasteiger partial charge on any atom is -0.368 e. The molecule has 116 valence electrons. The molecule has 0 bridgehead atoms. The number of carbonyl (C=O) groups is 2. The minimum atomic E-state index is -4.65. The van der Waals surface area contributed by atoms with Crippen molar-refractivity contribution in [1.82, 2.24) is 5.32 Å². The summed E-state index contributed by atoms with van der Waals surface area (Å²) in [6.45, 7) is 3.47. The molecule has 1 rings (SSSR count). The molecule has 0 radical (unpaired) electrons. The minimum absolute atomic E-state index is 0.274. The van der Waals surface area contributed by atoms with Crippen LogP contribution < -0.4 is 11.1 Å². The van der Waals surface area contributed by atoms with Crippen LogP contribution in [0.4, 0.5) is 13.2 Å². The maximum atomic E-state index is 12.9. The monoisotopic (exact) mass is 302 g/mol. The number of rotatable bonds is 5. The van der Waals surface area contributed by atoms with E-state index in [4.69, 9.17) is 5.73 Å². The fraction of sp³-hybridized carbons (Fsp3) is 0.429. The molecule has 0 aromatic heterocycles. The lowest BCUT2D eigenvalue weighted by molar-refractivity contribution is -0.137. The molecule has 0 fully saturated rings. The lowest BCUT2D eigenvalue weighted by Gasteiger charge is -2.22. The van der Waals surface area contributed by atoms with E-state index < -0.39 is 35.2 Å². The van der Waals surface area contributed by atoms with Crippen molar-refractivity contribution in [2.75, 3.05) is 0 Å². The van der Waals surface area contributed by atoms with Gasteiger partial charge in [0, 0.05) is 0 Å². The summed E-state index contributed by atoms with van der Waals surface area (Å²) in [4.78, 5) is 23.4. The van der Waals surface area contributed by atoms with E-state index in [2.05, 4.69) is 5.32 Å². The van der Waals surface area contributed by atoms with Gasteiger partial charge in [-0.15, -0.1) is 0 Å². The summed E-state index contributed by atoms with van der Waals surface area (Å²) in [5.41, 5.74) is 3.61. The predicted molar refractivity (Wildman–Crippen MR) is 71.3 cm³/mol. The first-order chi connectivity index (χ1) is 9.68. The number of amides is 2. The van der Waals surface area contributed by atoms with Crippen molar-refractivity contribution < 1.29 is 22.8 Å². The second-order valence-corrected chi connectivity index (χ2v) is 4.78. The number of alkyl halides is 3. The van der Waals surface area contributed by atoms with Crippen LogP contribution in [0.25, 0.3) is 0 Å². The molecular weight excluding hydrogens is 285 g/mol. The molecular formula is C14H17F3N2O2. The van der Waals surface area contributed by atoms with Crippen LogP contribution in [0, 0.1) is 5.92 Å².